The SMILES string of the molecule is CSc1ccc([C@@H](Nc2cc(C)ccn2)c2c(NC(=O)c3ccco3)sc3c2CCCC3)cc1. The van der Waals surface area contributed by atoms with Crippen molar-refractivity contribution in [1.29, 1.82) is 0 Å². The number of carbonyl (C=O) groups excluding carboxylic acids is 1. The van der Waals surface area contributed by atoms with Crippen molar-refractivity contribution in [2.24, 2.45) is 0 Å². The summed E-state index contributed by atoms with van der Waals surface area (Å²) in [7, 11) is 0. The molecule has 1 aliphatic carbocycles. The largest absolute Gasteiger partial charge is 0.459 e. The fourth-order valence-corrected chi connectivity index (χ4v) is 6.17. The van der Waals surface area contributed by atoms with E-state index in [-0.39, 0.29) is 11.9 Å². The van der Waals surface area contributed by atoms with Gasteiger partial charge in [0.25, 0.3) is 5.91 Å². The Morgan fingerprint density at radius 2 is 1.97 bits per heavy atom. The fourth-order valence-electron chi connectivity index (χ4n) is 4.44. The normalized spacial score (nSPS) is 13.8. The van der Waals surface area contributed by atoms with Crippen LogP contribution < -0.4 is 10.6 Å². The molecular formula is C27H27N3O2S2. The molecule has 0 saturated heterocycles. The van der Waals surface area contributed by atoms with Gasteiger partial charge in [0.05, 0.1) is 12.3 Å². The number of fused-ring (bicyclic) bond motifs is 1. The topological polar surface area (TPSA) is 67.2 Å². The molecule has 0 unspecified atom stereocenters. The molecule has 5 rings (SSSR count). The Labute approximate surface area is 208 Å². The van der Waals surface area contributed by atoms with Gasteiger partial charge in [0.15, 0.2) is 5.76 Å². The van der Waals surface area contributed by atoms with Gasteiger partial charge in [-0.05, 0) is 92.0 Å². The van der Waals surface area contributed by atoms with E-state index in [1.165, 1.54) is 28.0 Å². The molecule has 174 valence electrons. The molecule has 0 radical (unpaired) electrons. The number of benzene rings is 1. The van der Waals surface area contributed by atoms with E-state index in [1.54, 1.807) is 35.2 Å². The number of nitrogens with one attached hydrogen (secondary N) is 2. The second-order valence-electron chi connectivity index (χ2n) is 8.45. The maximum absolute atomic E-state index is 13.0. The van der Waals surface area contributed by atoms with Crippen LogP contribution in [0.5, 0.6) is 0 Å². The van der Waals surface area contributed by atoms with Gasteiger partial charge in [-0.15, -0.1) is 23.1 Å². The van der Waals surface area contributed by atoms with E-state index in [0.717, 1.165) is 46.8 Å². The zero-order valence-corrected chi connectivity index (χ0v) is 20.9. The van der Waals surface area contributed by atoms with Gasteiger partial charge in [-0.3, -0.25) is 4.79 Å². The number of hydrogen-bond acceptors (Lipinski definition) is 6. The molecule has 1 aromatic carbocycles. The minimum absolute atomic E-state index is 0.143. The smallest absolute Gasteiger partial charge is 0.291 e. The number of thiophene rings is 1. The molecule has 0 saturated carbocycles. The number of pyridine rings is 1. The number of furan rings is 1. The van der Waals surface area contributed by atoms with Crippen LogP contribution >= 0.6 is 23.1 Å². The van der Waals surface area contributed by atoms with E-state index in [0.29, 0.717) is 5.76 Å². The molecule has 0 spiro atoms. The lowest BCUT2D eigenvalue weighted by atomic mass is 9.89. The average Bonchev–Trinajstić information content (AvgIpc) is 3.51. The molecule has 0 bridgehead atoms. The van der Waals surface area contributed by atoms with Crippen LogP contribution in [0.4, 0.5) is 10.8 Å². The summed E-state index contributed by atoms with van der Waals surface area (Å²) in [6.45, 7) is 2.07. The van der Waals surface area contributed by atoms with Gasteiger partial charge < -0.3 is 15.1 Å². The second-order valence-corrected chi connectivity index (χ2v) is 10.4. The zero-order chi connectivity index (χ0) is 23.5. The summed E-state index contributed by atoms with van der Waals surface area (Å²) in [6.07, 6.45) is 9.83. The standard InChI is InChI=1S/C27H27N3O2S2/c1-17-13-14-28-23(16-17)29-25(18-9-11-19(33-2)12-10-18)24-20-6-3-4-8-22(20)34-27(24)30-26(31)21-7-5-15-32-21/h5,7,9-16,25H,3-4,6,8H2,1-2H3,(H,28,29)(H,30,31)/t25-/m1/s1. The van der Waals surface area contributed by atoms with Crippen molar-refractivity contribution in [2.75, 3.05) is 16.9 Å². The number of carbonyl (C=O) groups is 1. The number of nitrogens with zero attached hydrogens (tertiary/aromatic N) is 1. The van der Waals surface area contributed by atoms with Crippen molar-refractivity contribution < 1.29 is 9.21 Å². The fraction of sp³-hybridized carbons (Fsp3) is 0.259. The van der Waals surface area contributed by atoms with Crippen LogP contribution in [0.25, 0.3) is 0 Å². The molecule has 1 amide bonds. The van der Waals surface area contributed by atoms with Crippen molar-refractivity contribution in [3.05, 3.63) is 93.9 Å². The van der Waals surface area contributed by atoms with Crippen LogP contribution in [0.2, 0.25) is 0 Å². The van der Waals surface area contributed by atoms with E-state index in [4.69, 9.17) is 4.42 Å². The molecular weight excluding hydrogens is 462 g/mol. The van der Waals surface area contributed by atoms with E-state index >= 15 is 0 Å². The Morgan fingerprint density at radius 3 is 2.71 bits per heavy atom. The van der Waals surface area contributed by atoms with Crippen molar-refractivity contribution in [3.8, 4) is 0 Å². The monoisotopic (exact) mass is 489 g/mol. The average molecular weight is 490 g/mol. The Kier molecular flexibility index (Phi) is 6.74. The highest BCUT2D eigenvalue weighted by molar-refractivity contribution is 7.98. The number of hydrogen-bond donors (Lipinski definition) is 2. The molecule has 0 aliphatic heterocycles. The van der Waals surface area contributed by atoms with Crippen LogP contribution in [-0.2, 0) is 12.8 Å². The Balaban J connectivity index is 1.61. The molecule has 34 heavy (non-hydrogen) atoms. The van der Waals surface area contributed by atoms with Gasteiger partial charge in [0, 0.05) is 21.5 Å². The predicted octanol–water partition coefficient (Wildman–Crippen LogP) is 7.10. The van der Waals surface area contributed by atoms with Crippen LogP contribution in [-0.4, -0.2) is 17.1 Å². The summed E-state index contributed by atoms with van der Waals surface area (Å²) in [5, 5.41) is 7.73. The third-order valence-corrected chi connectivity index (χ3v) is 8.10. The van der Waals surface area contributed by atoms with Crippen molar-refractivity contribution in [3.63, 3.8) is 0 Å². The molecule has 5 nitrogen and oxygen atoms in total. The zero-order valence-electron chi connectivity index (χ0n) is 19.3. The first-order valence-corrected chi connectivity index (χ1v) is 13.5. The number of thioether (sulfide) groups is 1. The molecule has 7 heteroatoms. The highest BCUT2D eigenvalue weighted by Gasteiger charge is 2.29. The first kappa shape index (κ1) is 22.7. The van der Waals surface area contributed by atoms with Gasteiger partial charge in [0.2, 0.25) is 0 Å². The van der Waals surface area contributed by atoms with Gasteiger partial charge >= 0.3 is 0 Å². The van der Waals surface area contributed by atoms with Crippen LogP contribution in [0.15, 0.2) is 70.3 Å². The lowest BCUT2D eigenvalue weighted by Gasteiger charge is -2.24. The quantitative estimate of drug-likeness (QED) is 0.271. The first-order chi connectivity index (χ1) is 16.6. The third-order valence-electron chi connectivity index (χ3n) is 6.13. The van der Waals surface area contributed by atoms with Crippen molar-refractivity contribution in [2.45, 2.75) is 43.5 Å². The van der Waals surface area contributed by atoms with Gasteiger partial charge in [-0.2, -0.15) is 0 Å². The Morgan fingerprint density at radius 1 is 1.15 bits per heavy atom. The van der Waals surface area contributed by atoms with Crippen molar-refractivity contribution in [1.82, 2.24) is 4.98 Å². The molecule has 1 aliphatic rings. The summed E-state index contributed by atoms with van der Waals surface area (Å²) in [5.74, 6) is 0.902. The maximum Gasteiger partial charge on any atom is 0.291 e. The van der Waals surface area contributed by atoms with Crippen molar-refractivity contribution >= 4 is 39.8 Å². The number of aromatic nitrogens is 1. The molecule has 3 heterocycles. The molecule has 1 atom stereocenters. The van der Waals surface area contributed by atoms with Crippen LogP contribution in [0.1, 0.15) is 56.6 Å². The van der Waals surface area contributed by atoms with Gasteiger partial charge in [-0.1, -0.05) is 12.1 Å². The van der Waals surface area contributed by atoms with E-state index in [2.05, 4.69) is 59.1 Å². The first-order valence-electron chi connectivity index (χ1n) is 11.4. The summed E-state index contributed by atoms with van der Waals surface area (Å²) in [4.78, 5) is 20.1. The number of amides is 1. The third kappa shape index (κ3) is 4.76. The summed E-state index contributed by atoms with van der Waals surface area (Å²) < 4.78 is 5.35. The van der Waals surface area contributed by atoms with E-state index in [9.17, 15) is 4.79 Å². The molecule has 4 aromatic rings. The Bertz CT molecular complexity index is 1280. The molecule has 0 fully saturated rings. The predicted molar refractivity (Wildman–Crippen MR) is 140 cm³/mol. The van der Waals surface area contributed by atoms with E-state index < -0.39 is 0 Å². The maximum atomic E-state index is 13.0. The number of anilines is 2. The molecule has 2 N–H and O–H groups in total. The summed E-state index contributed by atoms with van der Waals surface area (Å²) in [5.41, 5.74) is 4.78. The second kappa shape index (κ2) is 10.1. The van der Waals surface area contributed by atoms with Crippen LogP contribution in [0.3, 0.4) is 0 Å². The van der Waals surface area contributed by atoms with Gasteiger partial charge in [0.1, 0.15) is 10.8 Å². The van der Waals surface area contributed by atoms with Crippen LogP contribution in [0, 0.1) is 6.92 Å². The summed E-state index contributed by atoms with van der Waals surface area (Å²) in [6, 6.07) is 16.0. The number of aryl methyl sites for hydroxylation is 2. The highest BCUT2D eigenvalue weighted by atomic mass is 32.2. The van der Waals surface area contributed by atoms with E-state index in [1.807, 2.05) is 12.3 Å². The number of rotatable bonds is 7. The highest BCUT2D eigenvalue weighted by Crippen LogP contribution is 2.44. The summed E-state index contributed by atoms with van der Waals surface area (Å²) >= 11 is 3.42. The Hall–Kier alpha value is -3.03. The lowest BCUT2D eigenvalue weighted by Crippen LogP contribution is -2.18. The molecule has 3 aromatic heterocycles. The lowest BCUT2D eigenvalue weighted by molar-refractivity contribution is 0.0997. The minimum atomic E-state index is -0.227. The minimum Gasteiger partial charge on any atom is -0.459 e. The van der Waals surface area contributed by atoms with Gasteiger partial charge in [-0.25, -0.2) is 4.98 Å².